The maximum Gasteiger partial charge on any atom is 0.254 e. The number of amides is 1. The molecule has 35 heavy (non-hydrogen) atoms. The molecule has 0 atom stereocenters. The molecular formula is C25H31N3O6S. The summed E-state index contributed by atoms with van der Waals surface area (Å²) in [4.78, 5) is 19.1. The second-order valence-corrected chi connectivity index (χ2v) is 9.76. The summed E-state index contributed by atoms with van der Waals surface area (Å²) in [5.41, 5.74) is 1.72. The number of hydrogen-bond donors (Lipinski definition) is 0. The van der Waals surface area contributed by atoms with Gasteiger partial charge in [-0.25, -0.2) is 13.4 Å². The number of nitrogens with zero attached hydrogens (tertiary/aromatic N) is 3. The van der Waals surface area contributed by atoms with Gasteiger partial charge in [0.05, 0.1) is 44.5 Å². The largest absolute Gasteiger partial charge is 0.497 e. The Morgan fingerprint density at radius 1 is 1.00 bits per heavy atom. The molecule has 1 heterocycles. The van der Waals surface area contributed by atoms with Crippen LogP contribution < -0.4 is 4.74 Å². The van der Waals surface area contributed by atoms with Crippen LogP contribution in [0.2, 0.25) is 0 Å². The average molecular weight is 502 g/mol. The van der Waals surface area contributed by atoms with Gasteiger partial charge in [-0.15, -0.1) is 0 Å². The molecular weight excluding hydrogens is 470 g/mol. The van der Waals surface area contributed by atoms with Gasteiger partial charge in [0.2, 0.25) is 15.0 Å². The summed E-state index contributed by atoms with van der Waals surface area (Å²) in [6.07, 6.45) is 1.51. The van der Waals surface area contributed by atoms with Crippen molar-refractivity contribution in [2.75, 3.05) is 41.1 Å². The van der Waals surface area contributed by atoms with E-state index in [-0.39, 0.29) is 36.5 Å². The van der Waals surface area contributed by atoms with Crippen LogP contribution in [-0.2, 0) is 38.2 Å². The highest BCUT2D eigenvalue weighted by Crippen LogP contribution is 2.21. The Kier molecular flexibility index (Phi) is 9.41. The summed E-state index contributed by atoms with van der Waals surface area (Å²) >= 11 is 0. The number of benzene rings is 2. The molecule has 0 aliphatic heterocycles. The van der Waals surface area contributed by atoms with E-state index in [2.05, 4.69) is 4.98 Å². The van der Waals surface area contributed by atoms with Gasteiger partial charge in [-0.1, -0.05) is 30.3 Å². The lowest BCUT2D eigenvalue weighted by atomic mass is 10.2. The minimum atomic E-state index is -3.79. The monoisotopic (exact) mass is 501 g/mol. The molecule has 2 aromatic carbocycles. The van der Waals surface area contributed by atoms with Gasteiger partial charge in [0.25, 0.3) is 5.91 Å². The first-order chi connectivity index (χ1) is 16.9. The van der Waals surface area contributed by atoms with Gasteiger partial charge in [-0.05, 0) is 29.8 Å². The molecule has 3 rings (SSSR count). The zero-order valence-corrected chi connectivity index (χ0v) is 21.0. The SMILES string of the molecule is COCCN(Cc1cnc(S(=O)(=O)Cc2cccc(OC)c2)n1CCOC)C(=O)c1ccccc1. The lowest BCUT2D eigenvalue weighted by molar-refractivity contribution is 0.0674. The molecule has 1 amide bonds. The lowest BCUT2D eigenvalue weighted by Crippen LogP contribution is -2.34. The van der Waals surface area contributed by atoms with Crippen LogP contribution in [-0.4, -0.2) is 69.9 Å². The molecule has 3 aromatic rings. The van der Waals surface area contributed by atoms with Crippen LogP contribution in [0.3, 0.4) is 0 Å². The predicted molar refractivity (Wildman–Crippen MR) is 131 cm³/mol. The maximum absolute atomic E-state index is 13.3. The molecule has 0 N–H and O–H groups in total. The Labute approximate surface area is 206 Å². The van der Waals surface area contributed by atoms with Crippen LogP contribution in [0.25, 0.3) is 0 Å². The van der Waals surface area contributed by atoms with Crippen molar-refractivity contribution in [1.29, 1.82) is 0 Å². The van der Waals surface area contributed by atoms with Gasteiger partial charge in [0.15, 0.2) is 0 Å². The van der Waals surface area contributed by atoms with E-state index in [9.17, 15) is 13.2 Å². The summed E-state index contributed by atoms with van der Waals surface area (Å²) in [7, 11) is 0.853. The minimum Gasteiger partial charge on any atom is -0.497 e. The minimum absolute atomic E-state index is 0.0637. The molecule has 188 valence electrons. The van der Waals surface area contributed by atoms with Gasteiger partial charge in [0, 0.05) is 32.9 Å². The molecule has 0 aliphatic rings. The van der Waals surface area contributed by atoms with E-state index >= 15 is 0 Å². The van der Waals surface area contributed by atoms with Crippen molar-refractivity contribution in [1.82, 2.24) is 14.5 Å². The maximum atomic E-state index is 13.3. The molecule has 0 spiro atoms. The van der Waals surface area contributed by atoms with Crippen molar-refractivity contribution >= 4 is 15.7 Å². The Bertz CT molecular complexity index is 1210. The van der Waals surface area contributed by atoms with E-state index in [0.717, 1.165) is 0 Å². The molecule has 10 heteroatoms. The number of aromatic nitrogens is 2. The van der Waals surface area contributed by atoms with Gasteiger partial charge in [-0.2, -0.15) is 0 Å². The summed E-state index contributed by atoms with van der Waals surface area (Å²) in [6.45, 7) is 1.41. The fourth-order valence-corrected chi connectivity index (χ4v) is 5.15. The summed E-state index contributed by atoms with van der Waals surface area (Å²) in [5, 5.41) is -0.0637. The number of hydrogen-bond acceptors (Lipinski definition) is 7. The van der Waals surface area contributed by atoms with Crippen molar-refractivity contribution in [3.05, 3.63) is 77.6 Å². The Balaban J connectivity index is 1.92. The van der Waals surface area contributed by atoms with E-state index < -0.39 is 9.84 Å². The summed E-state index contributed by atoms with van der Waals surface area (Å²) in [5.74, 6) is 0.168. The average Bonchev–Trinajstić information content (AvgIpc) is 3.28. The third-order valence-electron chi connectivity index (χ3n) is 5.42. The second-order valence-electron chi connectivity index (χ2n) is 7.87. The van der Waals surface area contributed by atoms with E-state index in [0.29, 0.717) is 35.7 Å². The number of methoxy groups -OCH3 is 3. The van der Waals surface area contributed by atoms with Crippen LogP contribution in [0.4, 0.5) is 0 Å². The Hall–Kier alpha value is -3.21. The molecule has 1 aromatic heterocycles. The third kappa shape index (κ3) is 6.91. The van der Waals surface area contributed by atoms with Crippen LogP contribution in [0.1, 0.15) is 21.6 Å². The number of rotatable bonds is 13. The number of imidazole rings is 1. The smallest absolute Gasteiger partial charge is 0.254 e. The Morgan fingerprint density at radius 3 is 2.43 bits per heavy atom. The zero-order valence-electron chi connectivity index (χ0n) is 20.2. The molecule has 9 nitrogen and oxygen atoms in total. The molecule has 0 bridgehead atoms. The molecule has 0 unspecified atom stereocenters. The van der Waals surface area contributed by atoms with Crippen LogP contribution >= 0.6 is 0 Å². The van der Waals surface area contributed by atoms with Crippen molar-refractivity contribution in [2.24, 2.45) is 0 Å². The lowest BCUT2D eigenvalue weighted by Gasteiger charge is -2.23. The van der Waals surface area contributed by atoms with Gasteiger partial charge < -0.3 is 23.7 Å². The summed E-state index contributed by atoms with van der Waals surface area (Å²) < 4.78 is 43.9. The van der Waals surface area contributed by atoms with Gasteiger partial charge >= 0.3 is 0 Å². The topological polar surface area (TPSA) is 100.0 Å². The van der Waals surface area contributed by atoms with E-state index in [1.54, 1.807) is 72.2 Å². The van der Waals surface area contributed by atoms with Crippen LogP contribution in [0.5, 0.6) is 5.75 Å². The number of ether oxygens (including phenoxy) is 3. The standard InChI is InChI=1S/C25H31N3O6S/c1-32-14-12-27(24(29)21-9-5-4-6-10-21)18-22-17-26-25(28(22)13-15-33-2)35(30,31)19-20-8-7-11-23(16-20)34-3/h4-11,16-17H,12-15,18-19H2,1-3H3. The molecule has 0 fully saturated rings. The van der Waals surface area contributed by atoms with E-state index in [1.165, 1.54) is 13.3 Å². The number of carbonyl (C=O) groups is 1. The molecule has 0 saturated carbocycles. The van der Waals surface area contributed by atoms with Crippen LogP contribution in [0, 0.1) is 0 Å². The van der Waals surface area contributed by atoms with Gasteiger partial charge in [0.1, 0.15) is 5.75 Å². The number of sulfone groups is 1. The third-order valence-corrected chi connectivity index (χ3v) is 7.01. The van der Waals surface area contributed by atoms with Crippen molar-refractivity contribution in [3.63, 3.8) is 0 Å². The fraction of sp³-hybridized carbons (Fsp3) is 0.360. The van der Waals surface area contributed by atoms with Crippen molar-refractivity contribution in [3.8, 4) is 5.75 Å². The summed E-state index contributed by atoms with van der Waals surface area (Å²) in [6, 6.07) is 15.8. The van der Waals surface area contributed by atoms with Gasteiger partial charge in [-0.3, -0.25) is 4.79 Å². The number of carbonyl (C=O) groups excluding carboxylic acids is 1. The predicted octanol–water partition coefficient (Wildman–Crippen LogP) is 2.80. The normalized spacial score (nSPS) is 11.4. The first-order valence-corrected chi connectivity index (χ1v) is 12.8. The zero-order chi connectivity index (χ0) is 25.3. The highest BCUT2D eigenvalue weighted by atomic mass is 32.2. The quantitative estimate of drug-likeness (QED) is 0.355. The molecule has 0 radical (unpaired) electrons. The fourth-order valence-electron chi connectivity index (χ4n) is 3.65. The highest BCUT2D eigenvalue weighted by Gasteiger charge is 2.26. The van der Waals surface area contributed by atoms with Crippen molar-refractivity contribution < 1.29 is 27.4 Å². The first kappa shape index (κ1) is 26.4. The van der Waals surface area contributed by atoms with Crippen molar-refractivity contribution in [2.45, 2.75) is 24.0 Å². The highest BCUT2D eigenvalue weighted by molar-refractivity contribution is 7.90. The first-order valence-electron chi connectivity index (χ1n) is 11.1. The molecule has 0 saturated heterocycles. The Morgan fingerprint density at radius 2 is 1.74 bits per heavy atom. The second kappa shape index (κ2) is 12.5. The van der Waals surface area contributed by atoms with Crippen LogP contribution in [0.15, 0.2) is 66.0 Å². The van der Waals surface area contributed by atoms with E-state index in [1.807, 2.05) is 6.07 Å². The molecule has 0 aliphatic carbocycles. The van der Waals surface area contributed by atoms with E-state index in [4.69, 9.17) is 14.2 Å².